The minimum atomic E-state index is -0.308. The summed E-state index contributed by atoms with van der Waals surface area (Å²) in [6.45, 7) is 0.0424. The average Bonchev–Trinajstić information content (AvgIpc) is 2.52. The Morgan fingerprint density at radius 1 is 0.880 bits per heavy atom. The van der Waals surface area contributed by atoms with E-state index in [-0.39, 0.29) is 24.9 Å². The molecule has 0 spiro atoms. The SMILES string of the molecule is CN(CC(=O)Nc1ccccc1Cl)CC(=O)Nc1cc(Cl)ccc1Cl. The van der Waals surface area contributed by atoms with Crippen LogP contribution in [0.1, 0.15) is 0 Å². The summed E-state index contributed by atoms with van der Waals surface area (Å²) in [6, 6.07) is 11.7. The summed E-state index contributed by atoms with van der Waals surface area (Å²) in [5.74, 6) is -0.582. The van der Waals surface area contributed by atoms with Crippen molar-refractivity contribution in [2.24, 2.45) is 0 Å². The van der Waals surface area contributed by atoms with E-state index in [1.54, 1.807) is 54.4 Å². The molecule has 0 saturated carbocycles. The topological polar surface area (TPSA) is 61.4 Å². The number of carbonyl (C=O) groups excluding carboxylic acids is 2. The van der Waals surface area contributed by atoms with Crippen LogP contribution in [0.2, 0.25) is 15.1 Å². The van der Waals surface area contributed by atoms with Gasteiger partial charge in [0.05, 0.1) is 34.5 Å². The van der Waals surface area contributed by atoms with Crippen molar-refractivity contribution in [3.63, 3.8) is 0 Å². The van der Waals surface area contributed by atoms with Crippen molar-refractivity contribution in [3.8, 4) is 0 Å². The number of anilines is 2. The van der Waals surface area contributed by atoms with Crippen LogP contribution >= 0.6 is 34.8 Å². The molecule has 2 aromatic carbocycles. The maximum absolute atomic E-state index is 12.1. The first-order valence-corrected chi connectivity index (χ1v) is 8.46. The number of rotatable bonds is 6. The van der Waals surface area contributed by atoms with Gasteiger partial charge in [0.15, 0.2) is 0 Å². The van der Waals surface area contributed by atoms with Gasteiger partial charge < -0.3 is 10.6 Å². The summed E-state index contributed by atoms with van der Waals surface area (Å²) in [5, 5.41) is 6.66. The number of benzene rings is 2. The molecule has 0 aliphatic heterocycles. The van der Waals surface area contributed by atoms with Gasteiger partial charge in [0.1, 0.15) is 0 Å². The standard InChI is InChI=1S/C17H16Cl3N3O2/c1-23(9-16(24)21-14-5-3-2-4-12(14)19)10-17(25)22-15-8-11(18)6-7-13(15)20/h2-8H,9-10H2,1H3,(H,21,24)(H,22,25). The summed E-state index contributed by atoms with van der Waals surface area (Å²) in [7, 11) is 1.66. The largest absolute Gasteiger partial charge is 0.324 e. The van der Waals surface area contributed by atoms with E-state index in [0.29, 0.717) is 26.4 Å². The third kappa shape index (κ3) is 6.21. The van der Waals surface area contributed by atoms with Crippen molar-refractivity contribution in [2.45, 2.75) is 0 Å². The van der Waals surface area contributed by atoms with Crippen molar-refractivity contribution in [3.05, 3.63) is 57.5 Å². The highest BCUT2D eigenvalue weighted by Crippen LogP contribution is 2.25. The molecule has 0 atom stereocenters. The van der Waals surface area contributed by atoms with E-state index in [9.17, 15) is 9.59 Å². The van der Waals surface area contributed by atoms with Crippen molar-refractivity contribution >= 4 is 58.0 Å². The van der Waals surface area contributed by atoms with Gasteiger partial charge in [0.25, 0.3) is 0 Å². The first kappa shape index (κ1) is 19.5. The molecule has 0 fully saturated rings. The summed E-state index contributed by atoms with van der Waals surface area (Å²) in [4.78, 5) is 25.7. The number of hydrogen-bond donors (Lipinski definition) is 2. The first-order valence-electron chi connectivity index (χ1n) is 7.33. The molecule has 0 aromatic heterocycles. The van der Waals surface area contributed by atoms with Crippen LogP contribution in [0.25, 0.3) is 0 Å². The third-order valence-corrected chi connectivity index (χ3v) is 4.07. The van der Waals surface area contributed by atoms with Crippen LogP contribution in [0.5, 0.6) is 0 Å². The van der Waals surface area contributed by atoms with Crippen molar-refractivity contribution in [1.82, 2.24) is 4.90 Å². The van der Waals surface area contributed by atoms with Crippen LogP contribution in [-0.4, -0.2) is 36.9 Å². The van der Waals surface area contributed by atoms with E-state index in [1.165, 1.54) is 0 Å². The average molecular weight is 401 g/mol. The Kier molecular flexibility index (Phi) is 7.08. The summed E-state index contributed by atoms with van der Waals surface area (Å²) < 4.78 is 0. The highest BCUT2D eigenvalue weighted by molar-refractivity contribution is 6.35. The second-order valence-corrected chi connectivity index (χ2v) is 6.62. The van der Waals surface area contributed by atoms with Gasteiger partial charge in [-0.15, -0.1) is 0 Å². The van der Waals surface area contributed by atoms with E-state index in [2.05, 4.69) is 10.6 Å². The third-order valence-electron chi connectivity index (χ3n) is 3.18. The minimum absolute atomic E-state index is 0.0127. The highest BCUT2D eigenvalue weighted by Gasteiger charge is 2.13. The summed E-state index contributed by atoms with van der Waals surface area (Å²) in [5.41, 5.74) is 0.950. The molecule has 132 valence electrons. The maximum atomic E-state index is 12.1. The fraction of sp³-hybridized carbons (Fsp3) is 0.176. The quantitative estimate of drug-likeness (QED) is 0.765. The number of para-hydroxylation sites is 1. The van der Waals surface area contributed by atoms with Gasteiger partial charge in [-0.3, -0.25) is 14.5 Å². The van der Waals surface area contributed by atoms with Gasteiger partial charge in [-0.2, -0.15) is 0 Å². The molecule has 0 bridgehead atoms. The lowest BCUT2D eigenvalue weighted by Crippen LogP contribution is -2.36. The monoisotopic (exact) mass is 399 g/mol. The lowest BCUT2D eigenvalue weighted by molar-refractivity contribution is -0.119. The van der Waals surface area contributed by atoms with Crippen molar-refractivity contribution in [2.75, 3.05) is 30.8 Å². The molecule has 2 aromatic rings. The van der Waals surface area contributed by atoms with E-state index < -0.39 is 0 Å². The Morgan fingerprint density at radius 3 is 2.08 bits per heavy atom. The number of hydrogen-bond acceptors (Lipinski definition) is 3. The zero-order valence-electron chi connectivity index (χ0n) is 13.4. The zero-order valence-corrected chi connectivity index (χ0v) is 15.6. The number of amides is 2. The lowest BCUT2D eigenvalue weighted by atomic mass is 10.3. The normalized spacial score (nSPS) is 10.6. The number of carbonyl (C=O) groups is 2. The van der Waals surface area contributed by atoms with Crippen LogP contribution in [0.15, 0.2) is 42.5 Å². The minimum Gasteiger partial charge on any atom is -0.324 e. The fourth-order valence-electron chi connectivity index (χ4n) is 2.08. The Labute approximate surface area is 160 Å². The molecule has 5 nitrogen and oxygen atoms in total. The Morgan fingerprint density at radius 2 is 1.44 bits per heavy atom. The summed E-state index contributed by atoms with van der Waals surface area (Å²) >= 11 is 17.9. The molecule has 25 heavy (non-hydrogen) atoms. The number of nitrogens with one attached hydrogen (secondary N) is 2. The number of halogens is 3. The van der Waals surface area contributed by atoms with E-state index in [1.807, 2.05) is 0 Å². The van der Waals surface area contributed by atoms with Crippen LogP contribution < -0.4 is 10.6 Å². The van der Waals surface area contributed by atoms with Crippen molar-refractivity contribution < 1.29 is 9.59 Å². The molecule has 0 aliphatic rings. The van der Waals surface area contributed by atoms with Crippen LogP contribution in [0, 0.1) is 0 Å². The van der Waals surface area contributed by atoms with E-state index in [0.717, 1.165) is 0 Å². The van der Waals surface area contributed by atoms with Crippen LogP contribution in [0.3, 0.4) is 0 Å². The molecule has 2 rings (SSSR count). The maximum Gasteiger partial charge on any atom is 0.238 e. The van der Waals surface area contributed by atoms with Crippen LogP contribution in [-0.2, 0) is 9.59 Å². The molecule has 8 heteroatoms. The fourth-order valence-corrected chi connectivity index (χ4v) is 2.60. The first-order chi connectivity index (χ1) is 11.8. The highest BCUT2D eigenvalue weighted by atomic mass is 35.5. The lowest BCUT2D eigenvalue weighted by Gasteiger charge is -2.16. The van der Waals surface area contributed by atoms with Gasteiger partial charge >= 0.3 is 0 Å². The molecule has 2 N–H and O–H groups in total. The number of nitrogens with zero attached hydrogens (tertiary/aromatic N) is 1. The van der Waals surface area contributed by atoms with E-state index in [4.69, 9.17) is 34.8 Å². The molecule has 0 aliphatic carbocycles. The second-order valence-electron chi connectivity index (χ2n) is 5.37. The van der Waals surface area contributed by atoms with Gasteiger partial charge in [-0.25, -0.2) is 0 Å². The van der Waals surface area contributed by atoms with Crippen LogP contribution in [0.4, 0.5) is 11.4 Å². The zero-order chi connectivity index (χ0) is 18.4. The smallest absolute Gasteiger partial charge is 0.238 e. The molecule has 2 amide bonds. The van der Waals surface area contributed by atoms with E-state index >= 15 is 0 Å². The number of likely N-dealkylation sites (N-methyl/N-ethyl adjacent to an activating group) is 1. The summed E-state index contributed by atoms with van der Waals surface area (Å²) in [6.07, 6.45) is 0. The molecular formula is C17H16Cl3N3O2. The van der Waals surface area contributed by atoms with Gasteiger partial charge in [-0.1, -0.05) is 46.9 Å². The Bertz CT molecular complexity index is 783. The Hall–Kier alpha value is -1.79. The van der Waals surface area contributed by atoms with Gasteiger partial charge in [-0.05, 0) is 37.4 Å². The Balaban J connectivity index is 1.85. The van der Waals surface area contributed by atoms with Gasteiger partial charge in [0, 0.05) is 5.02 Å². The van der Waals surface area contributed by atoms with Gasteiger partial charge in [0.2, 0.25) is 11.8 Å². The predicted molar refractivity (Wildman–Crippen MR) is 103 cm³/mol. The molecular weight excluding hydrogens is 385 g/mol. The molecule has 0 heterocycles. The molecule has 0 unspecified atom stereocenters. The second kappa shape index (κ2) is 9.06. The molecule has 0 saturated heterocycles. The predicted octanol–water partition coefficient (Wildman–Crippen LogP) is 4.16. The molecule has 0 radical (unpaired) electrons. The van der Waals surface area contributed by atoms with Crippen molar-refractivity contribution in [1.29, 1.82) is 0 Å².